The number of aryl methyl sites for hydroxylation is 1. The molecule has 5 heteroatoms. The molecule has 22 heavy (non-hydrogen) atoms. The summed E-state index contributed by atoms with van der Waals surface area (Å²) in [6.45, 7) is 4.99. The van der Waals surface area contributed by atoms with Gasteiger partial charge in [0.25, 0.3) is 0 Å². The van der Waals surface area contributed by atoms with E-state index in [9.17, 15) is 4.79 Å². The molecule has 1 aromatic carbocycles. The van der Waals surface area contributed by atoms with Gasteiger partial charge in [0.2, 0.25) is 5.91 Å². The van der Waals surface area contributed by atoms with Gasteiger partial charge in [0, 0.05) is 46.3 Å². The van der Waals surface area contributed by atoms with Crippen LogP contribution < -0.4 is 0 Å². The van der Waals surface area contributed by atoms with Crippen molar-refractivity contribution >= 4 is 5.91 Å². The van der Waals surface area contributed by atoms with E-state index in [1.165, 1.54) is 5.56 Å². The zero-order valence-corrected chi connectivity index (χ0v) is 13.1. The molecule has 1 aliphatic heterocycles. The number of rotatable bonds is 3. The topological polar surface area (TPSA) is 41.4 Å². The molecule has 3 rings (SSSR count). The molecular weight excluding hydrogens is 276 g/mol. The van der Waals surface area contributed by atoms with Crippen LogP contribution in [0, 0.1) is 0 Å². The second-order valence-electron chi connectivity index (χ2n) is 5.85. The molecule has 1 amide bonds. The molecule has 5 nitrogen and oxygen atoms in total. The minimum Gasteiger partial charge on any atom is -0.333 e. The van der Waals surface area contributed by atoms with Gasteiger partial charge in [0.05, 0.1) is 11.7 Å². The maximum Gasteiger partial charge on any atom is 0.220 e. The van der Waals surface area contributed by atoms with E-state index in [1.807, 2.05) is 41.0 Å². The lowest BCUT2D eigenvalue weighted by Crippen LogP contribution is -2.49. The van der Waals surface area contributed by atoms with Gasteiger partial charge in [-0.25, -0.2) is 0 Å². The number of amides is 1. The first-order chi connectivity index (χ1) is 10.6. The number of hydrogen-bond acceptors (Lipinski definition) is 3. The van der Waals surface area contributed by atoms with Crippen molar-refractivity contribution in [3.63, 3.8) is 0 Å². The molecule has 2 aromatic rings. The average molecular weight is 298 g/mol. The normalized spacial score (nSPS) is 19.4. The second kappa shape index (κ2) is 6.32. The average Bonchev–Trinajstić information content (AvgIpc) is 2.93. The van der Waals surface area contributed by atoms with Crippen LogP contribution in [0.15, 0.2) is 42.6 Å². The number of piperazine rings is 1. The number of carbonyl (C=O) groups is 1. The highest BCUT2D eigenvalue weighted by Gasteiger charge is 2.29. The maximum absolute atomic E-state index is 11.9. The van der Waals surface area contributed by atoms with Crippen molar-refractivity contribution < 1.29 is 4.79 Å². The van der Waals surface area contributed by atoms with E-state index < -0.39 is 0 Å². The van der Waals surface area contributed by atoms with E-state index in [-0.39, 0.29) is 11.9 Å². The van der Waals surface area contributed by atoms with Gasteiger partial charge in [-0.1, -0.05) is 30.3 Å². The Labute approximate surface area is 131 Å². The molecule has 116 valence electrons. The fourth-order valence-corrected chi connectivity index (χ4v) is 3.10. The number of hydrogen-bond donors (Lipinski definition) is 0. The van der Waals surface area contributed by atoms with Crippen molar-refractivity contribution in [2.75, 3.05) is 19.6 Å². The molecule has 0 aliphatic carbocycles. The molecule has 1 saturated heterocycles. The Morgan fingerprint density at radius 1 is 1.23 bits per heavy atom. The smallest absolute Gasteiger partial charge is 0.220 e. The zero-order valence-electron chi connectivity index (χ0n) is 13.1. The minimum absolute atomic E-state index is 0.121. The summed E-state index contributed by atoms with van der Waals surface area (Å²) in [4.78, 5) is 16.3. The number of aromatic nitrogens is 2. The van der Waals surface area contributed by atoms with Crippen LogP contribution in [0.1, 0.15) is 24.2 Å². The van der Waals surface area contributed by atoms with Crippen molar-refractivity contribution in [3.8, 4) is 0 Å². The van der Waals surface area contributed by atoms with E-state index in [0.717, 1.165) is 31.9 Å². The molecule has 2 heterocycles. The van der Waals surface area contributed by atoms with E-state index in [2.05, 4.69) is 28.2 Å². The van der Waals surface area contributed by atoms with Gasteiger partial charge in [-0.15, -0.1) is 0 Å². The summed E-state index contributed by atoms with van der Waals surface area (Å²) in [6.07, 6.45) is 1.97. The Bertz CT molecular complexity index is 637. The molecule has 1 aliphatic rings. The van der Waals surface area contributed by atoms with Gasteiger partial charge < -0.3 is 4.90 Å². The summed E-state index contributed by atoms with van der Waals surface area (Å²) in [5.41, 5.74) is 2.27. The number of nitrogens with zero attached hydrogens (tertiary/aromatic N) is 4. The molecule has 0 N–H and O–H groups in total. The molecule has 1 atom stereocenters. The molecule has 0 saturated carbocycles. The lowest BCUT2D eigenvalue weighted by molar-refractivity contribution is -0.134. The van der Waals surface area contributed by atoms with Gasteiger partial charge in [-0.2, -0.15) is 5.10 Å². The largest absolute Gasteiger partial charge is 0.333 e. The highest BCUT2D eigenvalue weighted by atomic mass is 16.2. The number of carbonyl (C=O) groups excluding carboxylic acids is 1. The van der Waals surface area contributed by atoms with Crippen LogP contribution in [-0.2, 0) is 18.4 Å². The second-order valence-corrected chi connectivity index (χ2v) is 5.85. The lowest BCUT2D eigenvalue weighted by Gasteiger charge is -2.41. The Balaban J connectivity index is 1.76. The summed E-state index contributed by atoms with van der Waals surface area (Å²) in [6, 6.07) is 12.5. The lowest BCUT2D eigenvalue weighted by atomic mass is 10.0. The highest BCUT2D eigenvalue weighted by Crippen LogP contribution is 2.26. The Kier molecular flexibility index (Phi) is 4.24. The zero-order chi connectivity index (χ0) is 15.5. The molecule has 1 fully saturated rings. The molecule has 0 bridgehead atoms. The van der Waals surface area contributed by atoms with E-state index in [4.69, 9.17) is 0 Å². The van der Waals surface area contributed by atoms with E-state index >= 15 is 0 Å². The number of benzene rings is 1. The van der Waals surface area contributed by atoms with Gasteiger partial charge in [-0.05, 0) is 11.6 Å². The monoisotopic (exact) mass is 298 g/mol. The van der Waals surface area contributed by atoms with E-state index in [0.29, 0.717) is 0 Å². The molecule has 0 spiro atoms. The third-order valence-corrected chi connectivity index (χ3v) is 4.21. The quantitative estimate of drug-likeness (QED) is 0.868. The summed E-state index contributed by atoms with van der Waals surface area (Å²) in [7, 11) is 1.93. The van der Waals surface area contributed by atoms with Crippen LogP contribution in [0.4, 0.5) is 0 Å². The first-order valence-electron chi connectivity index (χ1n) is 7.66. The minimum atomic E-state index is 0.121. The molecular formula is C17H22N4O. The first kappa shape index (κ1) is 14.8. The van der Waals surface area contributed by atoms with E-state index in [1.54, 1.807) is 6.92 Å². The van der Waals surface area contributed by atoms with Crippen molar-refractivity contribution in [2.24, 2.45) is 7.05 Å². The van der Waals surface area contributed by atoms with Crippen LogP contribution >= 0.6 is 0 Å². The van der Waals surface area contributed by atoms with Crippen molar-refractivity contribution in [2.45, 2.75) is 19.5 Å². The first-order valence-corrected chi connectivity index (χ1v) is 7.66. The van der Waals surface area contributed by atoms with Crippen molar-refractivity contribution in [1.82, 2.24) is 19.6 Å². The predicted molar refractivity (Wildman–Crippen MR) is 85.1 cm³/mol. The van der Waals surface area contributed by atoms with Crippen LogP contribution in [0.3, 0.4) is 0 Å². The summed E-state index contributed by atoms with van der Waals surface area (Å²) in [5, 5.41) is 4.45. The third kappa shape index (κ3) is 3.20. The Morgan fingerprint density at radius 3 is 2.64 bits per heavy atom. The Morgan fingerprint density at radius 2 is 2.00 bits per heavy atom. The van der Waals surface area contributed by atoms with Crippen molar-refractivity contribution in [1.29, 1.82) is 0 Å². The van der Waals surface area contributed by atoms with Gasteiger partial charge in [0.15, 0.2) is 0 Å². The summed E-state index contributed by atoms with van der Waals surface area (Å²) >= 11 is 0. The fourth-order valence-electron chi connectivity index (χ4n) is 3.10. The van der Waals surface area contributed by atoms with Crippen LogP contribution in [0.25, 0.3) is 0 Å². The van der Waals surface area contributed by atoms with Gasteiger partial charge >= 0.3 is 0 Å². The SMILES string of the molecule is CC(=O)N1CCN(Cc2ccn(C)n2)C[C@@H]1c1ccccc1. The van der Waals surface area contributed by atoms with Gasteiger partial charge in [0.1, 0.15) is 0 Å². The van der Waals surface area contributed by atoms with Crippen LogP contribution in [-0.4, -0.2) is 45.1 Å². The van der Waals surface area contributed by atoms with Gasteiger partial charge in [-0.3, -0.25) is 14.4 Å². The molecule has 0 unspecified atom stereocenters. The predicted octanol–water partition coefficient (Wildman–Crippen LogP) is 1.83. The third-order valence-electron chi connectivity index (χ3n) is 4.21. The highest BCUT2D eigenvalue weighted by molar-refractivity contribution is 5.74. The Hall–Kier alpha value is -2.14. The van der Waals surface area contributed by atoms with Crippen molar-refractivity contribution in [3.05, 3.63) is 53.9 Å². The summed E-state index contributed by atoms with van der Waals surface area (Å²) < 4.78 is 1.83. The molecule has 1 aromatic heterocycles. The molecule has 0 radical (unpaired) electrons. The standard InChI is InChI=1S/C17H22N4O/c1-14(22)21-11-10-20(12-16-8-9-19(2)18-16)13-17(21)15-6-4-3-5-7-15/h3-9,17H,10-13H2,1-2H3/t17-/m1/s1. The fraction of sp³-hybridized carbons (Fsp3) is 0.412. The summed E-state index contributed by atoms with van der Waals surface area (Å²) in [5.74, 6) is 0.145. The van der Waals surface area contributed by atoms with Crippen LogP contribution in [0.2, 0.25) is 0 Å². The van der Waals surface area contributed by atoms with Crippen LogP contribution in [0.5, 0.6) is 0 Å². The maximum atomic E-state index is 11.9.